The van der Waals surface area contributed by atoms with Gasteiger partial charge in [0.2, 0.25) is 0 Å². The summed E-state index contributed by atoms with van der Waals surface area (Å²) >= 11 is 3.27. The maximum atomic E-state index is 11.5. The highest BCUT2D eigenvalue weighted by molar-refractivity contribution is 7.99. The van der Waals surface area contributed by atoms with E-state index in [9.17, 15) is 4.79 Å². The van der Waals surface area contributed by atoms with Crippen LogP contribution in [0, 0.1) is 13.8 Å². The van der Waals surface area contributed by atoms with E-state index in [1.165, 1.54) is 4.88 Å². The Bertz CT molecular complexity index is 289. The van der Waals surface area contributed by atoms with Crippen LogP contribution >= 0.6 is 23.1 Å². The largest absolute Gasteiger partial charge is 0.293 e. The molecular formula is C9H12OS2. The predicted molar refractivity (Wildman–Crippen MR) is 56.5 cm³/mol. The molecule has 0 aliphatic rings. The Kier molecular flexibility index (Phi) is 3.35. The predicted octanol–water partition coefficient (Wildman–Crippen LogP) is 2.91. The van der Waals surface area contributed by atoms with Crippen LogP contribution in [-0.2, 0) is 0 Å². The zero-order valence-electron chi connectivity index (χ0n) is 7.51. The summed E-state index contributed by atoms with van der Waals surface area (Å²) in [4.78, 5) is 13.8. The van der Waals surface area contributed by atoms with Crippen LogP contribution in [0.2, 0.25) is 0 Å². The molecule has 1 heterocycles. The number of thiophene rings is 1. The lowest BCUT2D eigenvalue weighted by Gasteiger charge is -1.95. The highest BCUT2D eigenvalue weighted by Gasteiger charge is 2.10. The first-order valence-electron chi connectivity index (χ1n) is 3.74. The third-order valence-electron chi connectivity index (χ3n) is 1.62. The molecule has 0 aliphatic carbocycles. The van der Waals surface area contributed by atoms with Gasteiger partial charge in [-0.1, -0.05) is 0 Å². The average Bonchev–Trinajstić information content (AvgIpc) is 2.30. The normalized spacial score (nSPS) is 10.2. The van der Waals surface area contributed by atoms with Crippen LogP contribution in [0.15, 0.2) is 6.07 Å². The molecule has 12 heavy (non-hydrogen) atoms. The molecule has 0 fully saturated rings. The fourth-order valence-corrected chi connectivity index (χ4v) is 2.48. The van der Waals surface area contributed by atoms with Crippen molar-refractivity contribution in [3.63, 3.8) is 0 Å². The van der Waals surface area contributed by atoms with Crippen molar-refractivity contribution in [2.24, 2.45) is 0 Å². The zero-order chi connectivity index (χ0) is 9.14. The molecule has 0 atom stereocenters. The van der Waals surface area contributed by atoms with Crippen LogP contribution in [0.1, 0.15) is 20.1 Å². The molecule has 0 amide bonds. The van der Waals surface area contributed by atoms with Crippen LogP contribution in [0.5, 0.6) is 0 Å². The summed E-state index contributed by atoms with van der Waals surface area (Å²) in [6.07, 6.45) is 1.95. The van der Waals surface area contributed by atoms with Crippen LogP contribution in [0.4, 0.5) is 0 Å². The van der Waals surface area contributed by atoms with Gasteiger partial charge in [0.15, 0.2) is 5.78 Å². The average molecular weight is 200 g/mol. The molecule has 0 radical (unpaired) electrons. The van der Waals surface area contributed by atoms with Crippen LogP contribution < -0.4 is 0 Å². The fraction of sp³-hybridized carbons (Fsp3) is 0.444. The molecule has 0 bridgehead atoms. The van der Waals surface area contributed by atoms with E-state index in [1.54, 1.807) is 23.1 Å². The van der Waals surface area contributed by atoms with Crippen molar-refractivity contribution in [1.82, 2.24) is 0 Å². The summed E-state index contributed by atoms with van der Waals surface area (Å²) < 4.78 is 0. The summed E-state index contributed by atoms with van der Waals surface area (Å²) in [5.74, 6) is 0.848. The molecule has 1 nitrogen and oxygen atoms in total. The van der Waals surface area contributed by atoms with Crippen molar-refractivity contribution in [1.29, 1.82) is 0 Å². The minimum atomic E-state index is 0.254. The van der Waals surface area contributed by atoms with E-state index in [1.807, 2.05) is 26.2 Å². The Morgan fingerprint density at radius 1 is 1.58 bits per heavy atom. The van der Waals surface area contributed by atoms with Gasteiger partial charge in [0, 0.05) is 15.3 Å². The Hall–Kier alpha value is -0.280. The summed E-state index contributed by atoms with van der Waals surface area (Å²) in [5.41, 5.74) is 0.909. The maximum absolute atomic E-state index is 11.5. The topological polar surface area (TPSA) is 17.1 Å². The number of thioether (sulfide) groups is 1. The first-order chi connectivity index (χ1) is 5.65. The Morgan fingerprint density at radius 2 is 2.25 bits per heavy atom. The SMILES string of the molecule is CSCC(=O)c1cc(C)sc1C. The quantitative estimate of drug-likeness (QED) is 0.698. The molecule has 1 rings (SSSR count). The van der Waals surface area contributed by atoms with E-state index in [2.05, 4.69) is 0 Å². The van der Waals surface area contributed by atoms with E-state index >= 15 is 0 Å². The van der Waals surface area contributed by atoms with Gasteiger partial charge in [0.1, 0.15) is 0 Å². The first-order valence-corrected chi connectivity index (χ1v) is 5.95. The van der Waals surface area contributed by atoms with Crippen LogP contribution in [0.25, 0.3) is 0 Å². The minimum absolute atomic E-state index is 0.254. The fourth-order valence-electron chi connectivity index (χ4n) is 1.12. The zero-order valence-corrected chi connectivity index (χ0v) is 9.14. The van der Waals surface area contributed by atoms with E-state index in [0.717, 1.165) is 10.4 Å². The third kappa shape index (κ3) is 2.11. The van der Waals surface area contributed by atoms with Gasteiger partial charge in [-0.25, -0.2) is 0 Å². The molecule has 0 N–H and O–H groups in total. The molecular weight excluding hydrogens is 188 g/mol. The molecule has 0 aliphatic heterocycles. The van der Waals surface area contributed by atoms with Gasteiger partial charge in [-0.15, -0.1) is 11.3 Å². The summed E-state index contributed by atoms with van der Waals surface area (Å²) in [6, 6.07) is 1.98. The third-order valence-corrected chi connectivity index (χ3v) is 3.13. The lowest BCUT2D eigenvalue weighted by atomic mass is 10.2. The number of ketones is 1. The molecule has 3 heteroatoms. The molecule has 0 saturated carbocycles. The minimum Gasteiger partial charge on any atom is -0.293 e. The number of carbonyl (C=O) groups excluding carboxylic acids is 1. The summed E-state index contributed by atoms with van der Waals surface area (Å²) in [6.45, 7) is 4.04. The van der Waals surface area contributed by atoms with E-state index in [0.29, 0.717) is 5.75 Å². The lowest BCUT2D eigenvalue weighted by Crippen LogP contribution is -2.01. The first kappa shape index (κ1) is 9.81. The molecule has 0 unspecified atom stereocenters. The lowest BCUT2D eigenvalue weighted by molar-refractivity contribution is 0.102. The molecule has 1 aromatic heterocycles. The van der Waals surface area contributed by atoms with E-state index in [4.69, 9.17) is 0 Å². The van der Waals surface area contributed by atoms with Crippen molar-refractivity contribution in [3.05, 3.63) is 21.4 Å². The summed E-state index contributed by atoms with van der Waals surface area (Å²) in [5, 5.41) is 0. The van der Waals surface area contributed by atoms with Crippen LogP contribution in [0.3, 0.4) is 0 Å². The second kappa shape index (κ2) is 4.10. The van der Waals surface area contributed by atoms with Crippen molar-refractivity contribution >= 4 is 28.9 Å². The van der Waals surface area contributed by atoms with Gasteiger partial charge in [-0.2, -0.15) is 11.8 Å². The Labute approximate surface area is 81.2 Å². The molecule has 66 valence electrons. The summed E-state index contributed by atoms with van der Waals surface area (Å²) in [7, 11) is 0. The second-order valence-corrected chi connectivity index (χ2v) is 5.01. The van der Waals surface area contributed by atoms with E-state index < -0.39 is 0 Å². The van der Waals surface area contributed by atoms with Gasteiger partial charge >= 0.3 is 0 Å². The smallest absolute Gasteiger partial charge is 0.173 e. The van der Waals surface area contributed by atoms with Gasteiger partial charge in [0.05, 0.1) is 5.75 Å². The van der Waals surface area contributed by atoms with Gasteiger partial charge in [-0.3, -0.25) is 4.79 Å². The number of hydrogen-bond acceptors (Lipinski definition) is 3. The van der Waals surface area contributed by atoms with Crippen molar-refractivity contribution in [3.8, 4) is 0 Å². The van der Waals surface area contributed by atoms with Gasteiger partial charge < -0.3 is 0 Å². The van der Waals surface area contributed by atoms with E-state index in [-0.39, 0.29) is 5.78 Å². The van der Waals surface area contributed by atoms with Crippen molar-refractivity contribution < 1.29 is 4.79 Å². The number of hydrogen-bond donors (Lipinski definition) is 0. The number of carbonyl (C=O) groups is 1. The second-order valence-electron chi connectivity index (χ2n) is 2.68. The molecule has 0 saturated heterocycles. The number of rotatable bonds is 3. The number of aryl methyl sites for hydroxylation is 2. The molecule has 0 aromatic carbocycles. The monoisotopic (exact) mass is 200 g/mol. The van der Waals surface area contributed by atoms with Gasteiger partial charge in [0.25, 0.3) is 0 Å². The highest BCUT2D eigenvalue weighted by Crippen LogP contribution is 2.21. The number of Topliss-reactive ketones (excluding diaryl/α,β-unsaturated/α-hetero) is 1. The Morgan fingerprint density at radius 3 is 2.67 bits per heavy atom. The van der Waals surface area contributed by atoms with Crippen molar-refractivity contribution in [2.45, 2.75) is 13.8 Å². The van der Waals surface area contributed by atoms with Crippen molar-refractivity contribution in [2.75, 3.05) is 12.0 Å². The Balaban J connectivity index is 2.87. The van der Waals surface area contributed by atoms with Crippen LogP contribution in [-0.4, -0.2) is 17.8 Å². The molecule has 0 spiro atoms. The highest BCUT2D eigenvalue weighted by atomic mass is 32.2. The standard InChI is InChI=1S/C9H12OS2/c1-6-4-8(7(2)12-6)9(10)5-11-3/h4H,5H2,1-3H3. The maximum Gasteiger partial charge on any atom is 0.173 e. The van der Waals surface area contributed by atoms with Gasteiger partial charge in [-0.05, 0) is 26.2 Å². The molecule has 1 aromatic rings.